The number of benzene rings is 3. The van der Waals surface area contributed by atoms with Crippen molar-refractivity contribution in [2.24, 2.45) is 0 Å². The van der Waals surface area contributed by atoms with Crippen LogP contribution in [-0.2, 0) is 30.9 Å². The summed E-state index contributed by atoms with van der Waals surface area (Å²) in [6, 6.07) is 23.4. The van der Waals surface area contributed by atoms with E-state index in [1.807, 2.05) is 60.7 Å². The first-order valence-electron chi connectivity index (χ1n) is 11.8. The van der Waals surface area contributed by atoms with Crippen LogP contribution in [0.5, 0.6) is 0 Å². The molecule has 0 heterocycles. The summed E-state index contributed by atoms with van der Waals surface area (Å²) in [7, 11) is -4.32. The molecule has 0 fully saturated rings. The fourth-order valence-electron chi connectivity index (χ4n) is 3.66. The minimum Gasteiger partial charge on any atom is -0.356 e. The molecule has 0 spiro atoms. The quantitative estimate of drug-likeness (QED) is 0.246. The van der Waals surface area contributed by atoms with E-state index in [4.69, 9.17) is 4.84 Å². The van der Waals surface area contributed by atoms with Crippen molar-refractivity contribution in [1.82, 2.24) is 15.3 Å². The SMILES string of the molecule is CC(C)ON(C(CCNC(=O)Cc1ccccc1)C(=O)NO)S(=O)(=O)c1ccc(-c2ccccc2)cc1. The summed E-state index contributed by atoms with van der Waals surface area (Å²) in [6.07, 6.45) is -0.600. The van der Waals surface area contributed by atoms with E-state index in [-0.39, 0.29) is 30.2 Å². The maximum atomic E-state index is 13.6. The van der Waals surface area contributed by atoms with Crippen molar-refractivity contribution in [3.05, 3.63) is 90.5 Å². The second-order valence-electron chi connectivity index (χ2n) is 8.60. The highest BCUT2D eigenvalue weighted by molar-refractivity contribution is 7.89. The molecular weight excluding hydrogens is 494 g/mol. The van der Waals surface area contributed by atoms with Gasteiger partial charge >= 0.3 is 0 Å². The number of carbonyl (C=O) groups is 2. The Morgan fingerprint density at radius 2 is 1.46 bits per heavy atom. The smallest absolute Gasteiger partial charge is 0.265 e. The third-order valence-corrected chi connectivity index (χ3v) is 7.11. The second-order valence-corrected chi connectivity index (χ2v) is 10.4. The second kappa shape index (κ2) is 13.1. The van der Waals surface area contributed by atoms with Crippen molar-refractivity contribution in [2.45, 2.75) is 43.7 Å². The normalized spacial score (nSPS) is 12.4. The van der Waals surface area contributed by atoms with Crippen molar-refractivity contribution in [3.63, 3.8) is 0 Å². The Morgan fingerprint density at radius 3 is 2.03 bits per heavy atom. The minimum atomic E-state index is -4.32. The van der Waals surface area contributed by atoms with Crippen LogP contribution in [0.15, 0.2) is 89.8 Å². The van der Waals surface area contributed by atoms with Crippen molar-refractivity contribution < 1.29 is 28.1 Å². The molecule has 0 aliphatic carbocycles. The zero-order chi connectivity index (χ0) is 26.8. The van der Waals surface area contributed by atoms with Gasteiger partial charge in [-0.1, -0.05) is 77.3 Å². The molecule has 1 atom stereocenters. The van der Waals surface area contributed by atoms with Gasteiger partial charge in [0.1, 0.15) is 6.04 Å². The van der Waals surface area contributed by atoms with Gasteiger partial charge in [-0.05, 0) is 49.1 Å². The van der Waals surface area contributed by atoms with Gasteiger partial charge in [0.15, 0.2) is 0 Å². The van der Waals surface area contributed by atoms with E-state index in [0.717, 1.165) is 16.7 Å². The van der Waals surface area contributed by atoms with Gasteiger partial charge in [0.05, 0.1) is 17.4 Å². The molecule has 3 N–H and O–H groups in total. The molecule has 3 rings (SSSR count). The van der Waals surface area contributed by atoms with E-state index >= 15 is 0 Å². The predicted molar refractivity (Wildman–Crippen MR) is 139 cm³/mol. The number of rotatable bonds is 12. The first-order valence-corrected chi connectivity index (χ1v) is 13.3. The summed E-state index contributed by atoms with van der Waals surface area (Å²) in [5, 5.41) is 12.0. The lowest BCUT2D eigenvalue weighted by Crippen LogP contribution is -2.51. The topological polar surface area (TPSA) is 125 Å². The molecule has 0 radical (unpaired) electrons. The van der Waals surface area contributed by atoms with Gasteiger partial charge in [-0.15, -0.1) is 0 Å². The van der Waals surface area contributed by atoms with Gasteiger partial charge in [-0.2, -0.15) is 0 Å². The minimum absolute atomic E-state index is 0.0236. The van der Waals surface area contributed by atoms with Crippen molar-refractivity contribution in [3.8, 4) is 11.1 Å². The van der Waals surface area contributed by atoms with E-state index in [0.29, 0.717) is 4.47 Å². The number of hydrogen-bond acceptors (Lipinski definition) is 6. The Bertz CT molecular complexity index is 1270. The first-order chi connectivity index (χ1) is 17.7. The number of hydrogen-bond donors (Lipinski definition) is 3. The first kappa shape index (κ1) is 28.0. The molecule has 0 aliphatic heterocycles. The van der Waals surface area contributed by atoms with E-state index in [1.54, 1.807) is 26.0 Å². The molecular formula is C27H31N3O6S. The maximum Gasteiger partial charge on any atom is 0.265 e. The molecule has 37 heavy (non-hydrogen) atoms. The molecule has 196 valence electrons. The number of nitrogens with zero attached hydrogens (tertiary/aromatic N) is 1. The molecule has 3 aromatic carbocycles. The summed E-state index contributed by atoms with van der Waals surface area (Å²) < 4.78 is 27.7. The molecule has 0 saturated heterocycles. The van der Waals surface area contributed by atoms with Crippen LogP contribution in [0.4, 0.5) is 0 Å². The standard InChI is InChI=1S/C27H31N3O6S/c1-20(2)36-30(37(34,35)24-15-13-23(14-16-24)22-11-7-4-8-12-22)25(27(32)29-33)17-18-28-26(31)19-21-9-5-3-6-10-21/h3-16,20,25,33H,17-19H2,1-2H3,(H,28,31)(H,29,32). The Morgan fingerprint density at radius 1 is 0.892 bits per heavy atom. The molecule has 0 bridgehead atoms. The Kier molecular flexibility index (Phi) is 9.93. The molecule has 2 amide bonds. The lowest BCUT2D eigenvalue weighted by Gasteiger charge is -2.30. The predicted octanol–water partition coefficient (Wildman–Crippen LogP) is 3.31. The Balaban J connectivity index is 1.79. The lowest BCUT2D eigenvalue weighted by atomic mass is 10.1. The van der Waals surface area contributed by atoms with Crippen LogP contribution in [0, 0.1) is 0 Å². The lowest BCUT2D eigenvalue weighted by molar-refractivity contribution is -0.166. The average Bonchev–Trinajstić information content (AvgIpc) is 2.90. The number of hydroxylamine groups is 2. The van der Waals surface area contributed by atoms with Crippen LogP contribution in [0.1, 0.15) is 25.8 Å². The highest BCUT2D eigenvalue weighted by atomic mass is 32.2. The number of amides is 2. The van der Waals surface area contributed by atoms with Gasteiger partial charge in [0.2, 0.25) is 5.91 Å². The van der Waals surface area contributed by atoms with Gasteiger partial charge in [-0.25, -0.2) is 13.9 Å². The molecule has 9 nitrogen and oxygen atoms in total. The van der Waals surface area contributed by atoms with E-state index in [1.165, 1.54) is 17.6 Å². The number of sulfonamides is 1. The highest BCUT2D eigenvalue weighted by Gasteiger charge is 2.38. The number of carbonyl (C=O) groups excluding carboxylic acids is 2. The van der Waals surface area contributed by atoms with Crippen LogP contribution in [0.3, 0.4) is 0 Å². The molecule has 0 aliphatic rings. The van der Waals surface area contributed by atoms with Crippen molar-refractivity contribution in [2.75, 3.05) is 6.54 Å². The molecule has 1 unspecified atom stereocenters. The van der Waals surface area contributed by atoms with E-state index < -0.39 is 28.1 Å². The summed E-state index contributed by atoms with van der Waals surface area (Å²) in [5.41, 5.74) is 4.07. The maximum absolute atomic E-state index is 13.6. The molecule has 0 saturated carbocycles. The van der Waals surface area contributed by atoms with Crippen molar-refractivity contribution in [1.29, 1.82) is 0 Å². The molecule has 0 aromatic heterocycles. The monoisotopic (exact) mass is 525 g/mol. The fraction of sp³-hybridized carbons (Fsp3) is 0.259. The van der Waals surface area contributed by atoms with Crippen LogP contribution in [-0.4, -0.2) is 48.6 Å². The van der Waals surface area contributed by atoms with Gasteiger partial charge in [0.25, 0.3) is 15.9 Å². The zero-order valence-corrected chi connectivity index (χ0v) is 21.5. The van der Waals surface area contributed by atoms with Crippen LogP contribution < -0.4 is 10.8 Å². The summed E-state index contributed by atoms with van der Waals surface area (Å²) in [5.74, 6) is -1.27. The Hall–Kier alpha value is -3.57. The van der Waals surface area contributed by atoms with E-state index in [2.05, 4.69) is 5.32 Å². The molecule has 10 heteroatoms. The number of nitrogens with one attached hydrogen (secondary N) is 2. The van der Waals surface area contributed by atoms with Crippen LogP contribution in [0.2, 0.25) is 0 Å². The van der Waals surface area contributed by atoms with Gasteiger partial charge in [-0.3, -0.25) is 19.6 Å². The third kappa shape index (κ3) is 7.70. The zero-order valence-electron chi connectivity index (χ0n) is 20.7. The largest absolute Gasteiger partial charge is 0.356 e. The van der Waals surface area contributed by atoms with Gasteiger partial charge in [0, 0.05) is 6.54 Å². The molecule has 3 aromatic rings. The Labute approximate surface area is 217 Å². The summed E-state index contributed by atoms with van der Waals surface area (Å²) in [4.78, 5) is 30.4. The third-order valence-electron chi connectivity index (χ3n) is 5.43. The average molecular weight is 526 g/mol. The summed E-state index contributed by atoms with van der Waals surface area (Å²) >= 11 is 0. The fourth-order valence-corrected chi connectivity index (χ4v) is 5.17. The highest BCUT2D eigenvalue weighted by Crippen LogP contribution is 2.25. The van der Waals surface area contributed by atoms with Crippen LogP contribution in [0.25, 0.3) is 11.1 Å². The summed E-state index contributed by atoms with van der Waals surface area (Å²) in [6.45, 7) is 3.22. The van der Waals surface area contributed by atoms with Crippen LogP contribution >= 0.6 is 0 Å². The van der Waals surface area contributed by atoms with Crippen molar-refractivity contribution >= 4 is 21.8 Å². The van der Waals surface area contributed by atoms with Gasteiger partial charge < -0.3 is 5.32 Å². The van der Waals surface area contributed by atoms with E-state index in [9.17, 15) is 23.2 Å².